The van der Waals surface area contributed by atoms with E-state index in [9.17, 15) is 0 Å². The summed E-state index contributed by atoms with van der Waals surface area (Å²) < 4.78 is 6.30. The first-order valence-corrected chi connectivity index (χ1v) is 8.06. The van der Waals surface area contributed by atoms with E-state index in [2.05, 4.69) is 29.2 Å². The number of hydrogen-bond acceptors (Lipinski definition) is 3. The van der Waals surface area contributed by atoms with Crippen LogP contribution in [0.15, 0.2) is 24.3 Å². The van der Waals surface area contributed by atoms with Crippen LogP contribution in [0.1, 0.15) is 44.1 Å². The van der Waals surface area contributed by atoms with Crippen LogP contribution in [0.4, 0.5) is 0 Å². The fourth-order valence-electron chi connectivity index (χ4n) is 3.58. The van der Waals surface area contributed by atoms with E-state index in [1.54, 1.807) is 0 Å². The molecule has 0 bridgehead atoms. The Balaban J connectivity index is 1.66. The maximum Gasteiger partial charge on any atom is 0.119 e. The molecule has 0 spiro atoms. The lowest BCUT2D eigenvalue weighted by Crippen LogP contribution is -2.46. The molecule has 3 nitrogen and oxygen atoms in total. The van der Waals surface area contributed by atoms with Gasteiger partial charge in [-0.1, -0.05) is 18.6 Å². The summed E-state index contributed by atoms with van der Waals surface area (Å²) in [7, 11) is 0. The molecule has 1 saturated heterocycles. The fraction of sp³-hybridized carbons (Fsp3) is 0.647. The summed E-state index contributed by atoms with van der Waals surface area (Å²) in [5.41, 5.74) is 6.81. The Kier molecular flexibility index (Phi) is 4.58. The maximum absolute atomic E-state index is 6.30. The molecular weight excluding hydrogens is 248 g/mol. The first kappa shape index (κ1) is 13.9. The molecule has 0 radical (unpaired) electrons. The smallest absolute Gasteiger partial charge is 0.119 e. The van der Waals surface area contributed by atoms with Crippen molar-refractivity contribution in [2.45, 2.75) is 57.2 Å². The molecule has 110 valence electrons. The number of likely N-dealkylation sites (tertiary alicyclic amines) is 1. The predicted octanol–water partition coefficient (Wildman–Crippen LogP) is 2.93. The van der Waals surface area contributed by atoms with E-state index in [4.69, 9.17) is 10.5 Å². The van der Waals surface area contributed by atoms with Gasteiger partial charge in [-0.15, -0.1) is 0 Å². The number of rotatable bonds is 4. The summed E-state index contributed by atoms with van der Waals surface area (Å²) in [5.74, 6) is 0.998. The van der Waals surface area contributed by atoms with E-state index in [-0.39, 0.29) is 0 Å². The van der Waals surface area contributed by atoms with Gasteiger partial charge >= 0.3 is 0 Å². The molecule has 1 aliphatic carbocycles. The third-order valence-corrected chi connectivity index (χ3v) is 4.72. The summed E-state index contributed by atoms with van der Waals surface area (Å²) in [6, 6.07) is 8.90. The Morgan fingerprint density at radius 2 is 1.70 bits per heavy atom. The number of nitrogens with zero attached hydrogens (tertiary/aromatic N) is 1. The average molecular weight is 274 g/mol. The molecule has 1 aliphatic heterocycles. The normalized spacial score (nSPS) is 27.6. The van der Waals surface area contributed by atoms with Crippen molar-refractivity contribution in [2.24, 2.45) is 5.73 Å². The van der Waals surface area contributed by atoms with Gasteiger partial charge in [0, 0.05) is 12.6 Å². The summed E-state index contributed by atoms with van der Waals surface area (Å²) in [4.78, 5) is 2.65. The molecule has 2 fully saturated rings. The number of ether oxygens (including phenoxy) is 1. The molecule has 2 aliphatic rings. The fourth-order valence-corrected chi connectivity index (χ4v) is 3.58. The van der Waals surface area contributed by atoms with E-state index >= 15 is 0 Å². The van der Waals surface area contributed by atoms with Crippen molar-refractivity contribution in [1.29, 1.82) is 0 Å². The Hall–Kier alpha value is -1.06. The predicted molar refractivity (Wildman–Crippen MR) is 81.8 cm³/mol. The van der Waals surface area contributed by atoms with Crippen molar-refractivity contribution in [1.82, 2.24) is 4.90 Å². The molecular formula is C17H26N2O. The number of nitrogens with two attached hydrogens (primary N) is 1. The van der Waals surface area contributed by atoms with E-state index in [1.807, 2.05) is 0 Å². The highest BCUT2D eigenvalue weighted by atomic mass is 16.5. The molecule has 20 heavy (non-hydrogen) atoms. The van der Waals surface area contributed by atoms with Gasteiger partial charge in [0.25, 0.3) is 0 Å². The van der Waals surface area contributed by atoms with Crippen molar-refractivity contribution in [3.05, 3.63) is 29.8 Å². The molecule has 1 saturated carbocycles. The van der Waals surface area contributed by atoms with Gasteiger partial charge in [-0.25, -0.2) is 0 Å². The van der Waals surface area contributed by atoms with E-state index < -0.39 is 0 Å². The summed E-state index contributed by atoms with van der Waals surface area (Å²) in [5, 5.41) is 0. The second-order valence-corrected chi connectivity index (χ2v) is 6.10. The van der Waals surface area contributed by atoms with Crippen LogP contribution < -0.4 is 10.5 Å². The standard InChI is InChI=1S/C17H26N2O/c18-13-14-7-9-15(10-8-14)20-17-6-2-1-5-16(17)19-11-3-4-12-19/h7-10,16-17H,1-6,11-13,18H2. The maximum atomic E-state index is 6.30. The van der Waals surface area contributed by atoms with Gasteiger partial charge in [-0.2, -0.15) is 0 Å². The van der Waals surface area contributed by atoms with Crippen LogP contribution in [-0.2, 0) is 6.54 Å². The quantitative estimate of drug-likeness (QED) is 0.917. The summed E-state index contributed by atoms with van der Waals surface area (Å²) in [6.07, 6.45) is 8.22. The third-order valence-electron chi connectivity index (χ3n) is 4.72. The van der Waals surface area contributed by atoms with Gasteiger partial charge in [0.15, 0.2) is 0 Å². The van der Waals surface area contributed by atoms with E-state index in [0.717, 1.165) is 11.3 Å². The second-order valence-electron chi connectivity index (χ2n) is 6.10. The highest BCUT2D eigenvalue weighted by molar-refractivity contribution is 5.27. The lowest BCUT2D eigenvalue weighted by molar-refractivity contribution is 0.0485. The van der Waals surface area contributed by atoms with Gasteiger partial charge in [-0.05, 0) is 62.9 Å². The number of hydrogen-bond donors (Lipinski definition) is 1. The summed E-state index contributed by atoms with van der Waals surface area (Å²) >= 11 is 0. The Morgan fingerprint density at radius 1 is 1.00 bits per heavy atom. The van der Waals surface area contributed by atoms with Crippen LogP contribution in [0, 0.1) is 0 Å². The molecule has 2 N–H and O–H groups in total. The highest BCUT2D eigenvalue weighted by Crippen LogP contribution is 2.29. The molecule has 1 aromatic carbocycles. The average Bonchev–Trinajstić information content (AvgIpc) is 3.03. The van der Waals surface area contributed by atoms with Gasteiger partial charge in [0.1, 0.15) is 11.9 Å². The van der Waals surface area contributed by atoms with Crippen molar-refractivity contribution in [2.75, 3.05) is 13.1 Å². The minimum atomic E-state index is 0.366. The van der Waals surface area contributed by atoms with Gasteiger partial charge < -0.3 is 10.5 Å². The Bertz CT molecular complexity index is 412. The zero-order valence-corrected chi connectivity index (χ0v) is 12.3. The zero-order chi connectivity index (χ0) is 13.8. The van der Waals surface area contributed by atoms with Crippen LogP contribution in [0.25, 0.3) is 0 Å². The zero-order valence-electron chi connectivity index (χ0n) is 12.3. The molecule has 3 rings (SSSR count). The molecule has 1 aromatic rings. The minimum absolute atomic E-state index is 0.366. The second kappa shape index (κ2) is 6.59. The molecule has 3 heteroatoms. The lowest BCUT2D eigenvalue weighted by atomic mass is 9.91. The van der Waals surface area contributed by atoms with Crippen molar-refractivity contribution >= 4 is 0 Å². The molecule has 1 heterocycles. The largest absolute Gasteiger partial charge is 0.489 e. The van der Waals surface area contributed by atoms with Crippen LogP contribution in [-0.4, -0.2) is 30.1 Å². The van der Waals surface area contributed by atoms with Crippen molar-refractivity contribution in [3.63, 3.8) is 0 Å². The van der Waals surface area contributed by atoms with Crippen LogP contribution >= 0.6 is 0 Å². The monoisotopic (exact) mass is 274 g/mol. The summed E-state index contributed by atoms with van der Waals surface area (Å²) in [6.45, 7) is 3.12. The van der Waals surface area contributed by atoms with Gasteiger partial charge in [-0.3, -0.25) is 4.90 Å². The Labute approximate surface area is 122 Å². The molecule has 0 amide bonds. The van der Waals surface area contributed by atoms with E-state index in [1.165, 1.54) is 51.6 Å². The topological polar surface area (TPSA) is 38.5 Å². The van der Waals surface area contributed by atoms with Gasteiger partial charge in [0.05, 0.1) is 0 Å². The molecule has 2 atom stereocenters. The Morgan fingerprint density at radius 3 is 2.40 bits per heavy atom. The molecule has 2 unspecified atom stereocenters. The van der Waals surface area contributed by atoms with Crippen LogP contribution in [0.2, 0.25) is 0 Å². The van der Waals surface area contributed by atoms with Gasteiger partial charge in [0.2, 0.25) is 0 Å². The number of benzene rings is 1. The van der Waals surface area contributed by atoms with Crippen molar-refractivity contribution in [3.8, 4) is 5.75 Å². The highest BCUT2D eigenvalue weighted by Gasteiger charge is 2.32. The third kappa shape index (κ3) is 3.15. The SMILES string of the molecule is NCc1ccc(OC2CCCCC2N2CCCC2)cc1. The first-order chi connectivity index (χ1) is 9.86. The first-order valence-electron chi connectivity index (χ1n) is 8.06. The van der Waals surface area contributed by atoms with Crippen molar-refractivity contribution < 1.29 is 4.74 Å². The van der Waals surface area contributed by atoms with Crippen LogP contribution in [0.3, 0.4) is 0 Å². The minimum Gasteiger partial charge on any atom is -0.489 e. The van der Waals surface area contributed by atoms with E-state index in [0.29, 0.717) is 18.7 Å². The molecule has 0 aromatic heterocycles. The van der Waals surface area contributed by atoms with Crippen LogP contribution in [0.5, 0.6) is 5.75 Å². The lowest BCUT2D eigenvalue weighted by Gasteiger charge is -2.37.